The van der Waals surface area contributed by atoms with Crippen molar-refractivity contribution < 1.29 is 27.5 Å². The van der Waals surface area contributed by atoms with Gasteiger partial charge in [-0.3, -0.25) is 9.59 Å². The average molecular weight is 378 g/mol. The quantitative estimate of drug-likeness (QED) is 0.739. The fourth-order valence-corrected chi connectivity index (χ4v) is 2.08. The van der Waals surface area contributed by atoms with E-state index in [4.69, 9.17) is 4.74 Å². The number of rotatable bonds is 6. The van der Waals surface area contributed by atoms with Gasteiger partial charge in [-0.1, -0.05) is 24.3 Å². The van der Waals surface area contributed by atoms with E-state index < -0.39 is 18.7 Å². The molecule has 0 aliphatic carbocycles. The van der Waals surface area contributed by atoms with Crippen LogP contribution in [-0.4, -0.2) is 24.6 Å². The van der Waals surface area contributed by atoms with Gasteiger partial charge in [0.05, 0.1) is 5.69 Å². The molecule has 0 bridgehead atoms. The molecule has 142 valence electrons. The number of hydrogen-bond donors (Lipinski definition) is 2. The van der Waals surface area contributed by atoms with E-state index in [-0.39, 0.29) is 17.3 Å². The predicted octanol–water partition coefficient (Wildman–Crippen LogP) is 4.24. The van der Waals surface area contributed by atoms with Crippen LogP contribution in [0.4, 0.5) is 24.5 Å². The lowest BCUT2D eigenvalue weighted by Crippen LogP contribution is -2.20. The number of anilines is 2. The second-order valence-corrected chi connectivity index (χ2v) is 5.53. The average Bonchev–Trinajstić information content (AvgIpc) is 2.59. The highest BCUT2D eigenvalue weighted by molar-refractivity contribution is 6.02. The van der Waals surface area contributed by atoms with Crippen LogP contribution >= 0.6 is 0 Å². The lowest BCUT2D eigenvalue weighted by atomic mass is 10.2. The van der Waals surface area contributed by atoms with Gasteiger partial charge in [0.15, 0.2) is 6.61 Å². The van der Waals surface area contributed by atoms with Gasteiger partial charge in [-0.25, -0.2) is 0 Å². The van der Waals surface area contributed by atoms with Gasteiger partial charge < -0.3 is 15.4 Å². The first-order chi connectivity index (χ1) is 12.7. The minimum Gasteiger partial charge on any atom is -0.482 e. The van der Waals surface area contributed by atoms with Crippen LogP contribution in [0.15, 0.2) is 54.6 Å². The molecule has 27 heavy (non-hydrogen) atoms. The Balaban J connectivity index is 1.99. The number of amides is 2. The standard InChI is InChI=1S/C19H17F3N2O3/c1-13(25)23-15-9-6-14(7-10-15)8-11-18(26)24-16-4-2-3-5-17(16)27-12-19(20,21)22/h2-11H,12H2,1H3,(H,23,25)(H,24,26)/b11-8+. The number of alkyl halides is 3. The van der Waals surface area contributed by atoms with Gasteiger partial charge in [0.1, 0.15) is 5.75 Å². The number of ether oxygens (including phenoxy) is 1. The van der Waals surface area contributed by atoms with Gasteiger partial charge in [0.25, 0.3) is 0 Å². The summed E-state index contributed by atoms with van der Waals surface area (Å²) in [6, 6.07) is 12.6. The van der Waals surface area contributed by atoms with Gasteiger partial charge in [0, 0.05) is 18.7 Å². The van der Waals surface area contributed by atoms with Crippen molar-refractivity contribution in [2.45, 2.75) is 13.1 Å². The van der Waals surface area contributed by atoms with E-state index >= 15 is 0 Å². The summed E-state index contributed by atoms with van der Waals surface area (Å²) in [6.45, 7) is -0.0508. The second-order valence-electron chi connectivity index (χ2n) is 5.53. The Morgan fingerprint density at radius 2 is 1.70 bits per heavy atom. The highest BCUT2D eigenvalue weighted by Gasteiger charge is 2.28. The molecule has 2 rings (SSSR count). The molecule has 0 spiro atoms. The maximum Gasteiger partial charge on any atom is 0.422 e. The van der Waals surface area contributed by atoms with E-state index in [1.165, 1.54) is 37.3 Å². The van der Waals surface area contributed by atoms with Crippen molar-refractivity contribution in [1.82, 2.24) is 0 Å². The summed E-state index contributed by atoms with van der Waals surface area (Å²) in [6.07, 6.45) is -1.69. The number of para-hydroxylation sites is 2. The van der Waals surface area contributed by atoms with Gasteiger partial charge in [-0.2, -0.15) is 13.2 Å². The number of carbonyl (C=O) groups is 2. The molecule has 0 aliphatic heterocycles. The summed E-state index contributed by atoms with van der Waals surface area (Å²) in [4.78, 5) is 23.0. The summed E-state index contributed by atoms with van der Waals surface area (Å²) in [5, 5.41) is 5.10. The van der Waals surface area contributed by atoms with Crippen molar-refractivity contribution in [2.24, 2.45) is 0 Å². The van der Waals surface area contributed by atoms with E-state index in [1.807, 2.05) is 0 Å². The maximum atomic E-state index is 12.3. The Morgan fingerprint density at radius 1 is 1.04 bits per heavy atom. The number of hydrogen-bond acceptors (Lipinski definition) is 3. The lowest BCUT2D eigenvalue weighted by molar-refractivity contribution is -0.153. The van der Waals surface area contributed by atoms with E-state index in [9.17, 15) is 22.8 Å². The molecule has 2 amide bonds. The molecular weight excluding hydrogens is 361 g/mol. The minimum atomic E-state index is -4.47. The monoisotopic (exact) mass is 378 g/mol. The Morgan fingerprint density at radius 3 is 2.33 bits per heavy atom. The van der Waals surface area contributed by atoms with Crippen molar-refractivity contribution in [3.8, 4) is 5.75 Å². The van der Waals surface area contributed by atoms with Crippen LogP contribution in [0, 0.1) is 0 Å². The number of benzene rings is 2. The lowest BCUT2D eigenvalue weighted by Gasteiger charge is -2.13. The summed E-state index contributed by atoms with van der Waals surface area (Å²) >= 11 is 0. The molecule has 0 saturated heterocycles. The first-order valence-electron chi connectivity index (χ1n) is 7.88. The van der Waals surface area contributed by atoms with Crippen molar-refractivity contribution in [1.29, 1.82) is 0 Å². The smallest absolute Gasteiger partial charge is 0.422 e. The third kappa shape index (κ3) is 7.23. The van der Waals surface area contributed by atoms with E-state index in [0.717, 1.165) is 0 Å². The molecule has 0 heterocycles. The SMILES string of the molecule is CC(=O)Nc1ccc(/C=C/C(=O)Nc2ccccc2OCC(F)(F)F)cc1. The molecule has 2 aromatic rings. The van der Waals surface area contributed by atoms with Crippen molar-refractivity contribution in [3.05, 3.63) is 60.2 Å². The summed E-state index contributed by atoms with van der Waals surface area (Å²) in [5.74, 6) is -0.788. The van der Waals surface area contributed by atoms with Gasteiger partial charge >= 0.3 is 6.18 Å². The van der Waals surface area contributed by atoms with E-state index in [2.05, 4.69) is 10.6 Å². The van der Waals surface area contributed by atoms with Crippen LogP contribution in [-0.2, 0) is 9.59 Å². The molecule has 2 aromatic carbocycles. The highest BCUT2D eigenvalue weighted by Crippen LogP contribution is 2.26. The molecule has 0 saturated carbocycles. The molecule has 0 fully saturated rings. The third-order valence-corrected chi connectivity index (χ3v) is 3.19. The van der Waals surface area contributed by atoms with Crippen molar-refractivity contribution in [3.63, 3.8) is 0 Å². The fourth-order valence-electron chi connectivity index (χ4n) is 2.08. The normalized spacial score (nSPS) is 11.3. The largest absolute Gasteiger partial charge is 0.482 e. The van der Waals surface area contributed by atoms with Crippen molar-refractivity contribution >= 4 is 29.3 Å². The van der Waals surface area contributed by atoms with Crippen LogP contribution in [0.2, 0.25) is 0 Å². The first-order valence-corrected chi connectivity index (χ1v) is 7.88. The molecule has 2 N–H and O–H groups in total. The Bertz CT molecular complexity index is 831. The molecule has 0 aromatic heterocycles. The fraction of sp³-hybridized carbons (Fsp3) is 0.158. The number of carbonyl (C=O) groups excluding carboxylic acids is 2. The minimum absolute atomic E-state index is 0.0729. The van der Waals surface area contributed by atoms with Crippen molar-refractivity contribution in [2.75, 3.05) is 17.2 Å². The first kappa shape index (κ1) is 20.0. The van der Waals surface area contributed by atoms with Crippen LogP contribution in [0.5, 0.6) is 5.75 Å². The van der Waals surface area contributed by atoms with Gasteiger partial charge in [-0.05, 0) is 35.9 Å². The van der Waals surface area contributed by atoms with Crippen LogP contribution in [0.25, 0.3) is 6.08 Å². The number of nitrogens with one attached hydrogen (secondary N) is 2. The summed E-state index contributed by atoms with van der Waals surface area (Å²) in [5.41, 5.74) is 1.47. The van der Waals surface area contributed by atoms with Gasteiger partial charge in [0.2, 0.25) is 11.8 Å². The number of halogens is 3. The Labute approximate surface area is 153 Å². The second kappa shape index (κ2) is 8.88. The topological polar surface area (TPSA) is 67.4 Å². The van der Waals surface area contributed by atoms with Crippen LogP contribution in [0.1, 0.15) is 12.5 Å². The molecule has 0 atom stereocenters. The zero-order chi connectivity index (χ0) is 19.9. The molecule has 0 aliphatic rings. The molecule has 5 nitrogen and oxygen atoms in total. The molecule has 0 unspecified atom stereocenters. The van der Waals surface area contributed by atoms with Crippen LogP contribution in [0.3, 0.4) is 0 Å². The predicted molar refractivity (Wildman–Crippen MR) is 96.4 cm³/mol. The third-order valence-electron chi connectivity index (χ3n) is 3.19. The highest BCUT2D eigenvalue weighted by atomic mass is 19.4. The summed E-state index contributed by atoms with van der Waals surface area (Å²) < 4.78 is 41.6. The zero-order valence-corrected chi connectivity index (χ0v) is 14.3. The molecule has 0 radical (unpaired) electrons. The Hall–Kier alpha value is -3.29. The van der Waals surface area contributed by atoms with Crippen LogP contribution < -0.4 is 15.4 Å². The molecular formula is C19H17F3N2O3. The zero-order valence-electron chi connectivity index (χ0n) is 14.3. The van der Waals surface area contributed by atoms with E-state index in [1.54, 1.807) is 30.3 Å². The molecule has 8 heteroatoms. The maximum absolute atomic E-state index is 12.3. The van der Waals surface area contributed by atoms with E-state index in [0.29, 0.717) is 11.3 Å². The summed E-state index contributed by atoms with van der Waals surface area (Å²) in [7, 11) is 0. The Kier molecular flexibility index (Phi) is 6.59. The van der Waals surface area contributed by atoms with Gasteiger partial charge in [-0.15, -0.1) is 0 Å².